The first-order valence-corrected chi connectivity index (χ1v) is 11.5. The van der Waals surface area contributed by atoms with Crippen LogP contribution in [0, 0.1) is 6.92 Å². The summed E-state index contributed by atoms with van der Waals surface area (Å²) in [4.78, 5) is 15.3. The molecule has 2 aromatic carbocycles. The molecule has 36 heavy (non-hydrogen) atoms. The molecule has 4 rings (SSSR count). The van der Waals surface area contributed by atoms with E-state index in [-0.39, 0.29) is 24.7 Å². The van der Waals surface area contributed by atoms with Crippen molar-refractivity contribution < 1.29 is 32.2 Å². The van der Waals surface area contributed by atoms with Crippen molar-refractivity contribution >= 4 is 5.91 Å². The number of alkyl halides is 3. The molecule has 192 valence electrons. The Morgan fingerprint density at radius 1 is 1.06 bits per heavy atom. The number of nitrogens with zero attached hydrogens (tertiary/aromatic N) is 3. The van der Waals surface area contributed by atoms with Crippen LogP contribution in [0.4, 0.5) is 13.2 Å². The molecule has 1 saturated carbocycles. The van der Waals surface area contributed by atoms with Crippen LogP contribution in [0.3, 0.4) is 0 Å². The Labute approximate surface area is 207 Å². The van der Waals surface area contributed by atoms with Gasteiger partial charge in [-0.05, 0) is 55.2 Å². The molecule has 10 heteroatoms. The Balaban J connectivity index is 1.70. The van der Waals surface area contributed by atoms with E-state index in [0.29, 0.717) is 34.2 Å². The van der Waals surface area contributed by atoms with E-state index in [4.69, 9.17) is 9.47 Å². The van der Waals surface area contributed by atoms with Crippen molar-refractivity contribution in [2.24, 2.45) is 7.05 Å². The van der Waals surface area contributed by atoms with Gasteiger partial charge in [-0.15, -0.1) is 13.2 Å². The van der Waals surface area contributed by atoms with Gasteiger partial charge < -0.3 is 19.1 Å². The van der Waals surface area contributed by atoms with E-state index in [2.05, 4.69) is 9.84 Å². The van der Waals surface area contributed by atoms with Crippen LogP contribution in [-0.2, 0) is 20.1 Å². The monoisotopic (exact) mass is 503 g/mol. The highest BCUT2D eigenvalue weighted by atomic mass is 19.4. The molecule has 0 spiro atoms. The van der Waals surface area contributed by atoms with Crippen LogP contribution in [-0.4, -0.2) is 41.2 Å². The number of benzene rings is 2. The Bertz CT molecular complexity index is 1250. The Morgan fingerprint density at radius 2 is 1.78 bits per heavy atom. The van der Waals surface area contributed by atoms with Crippen LogP contribution in [0.1, 0.15) is 51.6 Å². The second kappa shape index (κ2) is 10.1. The summed E-state index contributed by atoms with van der Waals surface area (Å²) in [5.41, 5.74) is 2.83. The number of hydrogen-bond acceptors (Lipinski definition) is 5. The molecule has 3 aromatic rings. The Morgan fingerprint density at radius 3 is 2.42 bits per heavy atom. The normalized spacial score (nSPS) is 13.4. The van der Waals surface area contributed by atoms with E-state index >= 15 is 0 Å². The van der Waals surface area contributed by atoms with E-state index in [9.17, 15) is 18.0 Å². The standard InChI is InChI=1S/C26H28F3N3O4/c1-16-18(6-5-7-23(16)36-26(27,28)29)14-32(15-19-10-11-20(34-3)12-24(19)35-4)25(33)22-13-21(17-8-9-17)30-31(22)2/h5-7,10-13,17H,8-9,14-15H2,1-4H3. The van der Waals surface area contributed by atoms with Crippen LogP contribution in [0.25, 0.3) is 0 Å². The molecule has 1 aliphatic rings. The average molecular weight is 504 g/mol. The van der Waals surface area contributed by atoms with Gasteiger partial charge in [0, 0.05) is 31.1 Å². The number of ether oxygens (including phenoxy) is 3. The first-order valence-electron chi connectivity index (χ1n) is 11.5. The van der Waals surface area contributed by atoms with Gasteiger partial charge in [-0.2, -0.15) is 5.10 Å². The third-order valence-corrected chi connectivity index (χ3v) is 6.24. The quantitative estimate of drug-likeness (QED) is 0.393. The summed E-state index contributed by atoms with van der Waals surface area (Å²) in [5.74, 6) is 0.900. The van der Waals surface area contributed by atoms with Crippen LogP contribution in [0.15, 0.2) is 42.5 Å². The molecule has 0 N–H and O–H groups in total. The third kappa shape index (κ3) is 5.75. The van der Waals surface area contributed by atoms with Gasteiger partial charge in [-0.1, -0.05) is 12.1 Å². The minimum atomic E-state index is -4.82. The highest BCUT2D eigenvalue weighted by molar-refractivity contribution is 5.92. The molecule has 0 radical (unpaired) electrons. The molecule has 1 aliphatic carbocycles. The zero-order valence-corrected chi connectivity index (χ0v) is 20.6. The maximum Gasteiger partial charge on any atom is 0.573 e. The van der Waals surface area contributed by atoms with Crippen LogP contribution >= 0.6 is 0 Å². The number of aromatic nitrogens is 2. The summed E-state index contributed by atoms with van der Waals surface area (Å²) in [5, 5.41) is 4.50. The number of carbonyl (C=O) groups excluding carboxylic acids is 1. The van der Waals surface area contributed by atoms with Crippen molar-refractivity contribution in [1.82, 2.24) is 14.7 Å². The van der Waals surface area contributed by atoms with E-state index in [1.807, 2.05) is 0 Å². The molecular formula is C26H28F3N3O4. The van der Waals surface area contributed by atoms with Gasteiger partial charge in [0.15, 0.2) is 0 Å². The van der Waals surface area contributed by atoms with Crippen molar-refractivity contribution in [2.75, 3.05) is 14.2 Å². The van der Waals surface area contributed by atoms with Crippen molar-refractivity contribution in [3.05, 3.63) is 70.5 Å². The molecule has 0 atom stereocenters. The highest BCUT2D eigenvalue weighted by Gasteiger charge is 2.33. The fourth-order valence-electron chi connectivity index (χ4n) is 4.09. The average Bonchev–Trinajstić information content (AvgIpc) is 3.61. The number of aryl methyl sites for hydroxylation is 1. The van der Waals surface area contributed by atoms with Gasteiger partial charge in [0.25, 0.3) is 5.91 Å². The van der Waals surface area contributed by atoms with Crippen molar-refractivity contribution in [1.29, 1.82) is 0 Å². The number of rotatable bonds is 9. The summed E-state index contributed by atoms with van der Waals surface area (Å²) in [7, 11) is 4.78. The molecular weight excluding hydrogens is 475 g/mol. The smallest absolute Gasteiger partial charge is 0.497 e. The van der Waals surface area contributed by atoms with Gasteiger partial charge in [0.1, 0.15) is 22.9 Å². The maximum absolute atomic E-state index is 13.8. The zero-order chi connectivity index (χ0) is 26.0. The lowest BCUT2D eigenvalue weighted by molar-refractivity contribution is -0.274. The highest BCUT2D eigenvalue weighted by Crippen LogP contribution is 2.39. The number of hydrogen-bond donors (Lipinski definition) is 0. The first-order chi connectivity index (χ1) is 17.1. The summed E-state index contributed by atoms with van der Waals surface area (Å²) < 4.78 is 55.2. The number of halogens is 3. The van der Waals surface area contributed by atoms with Gasteiger partial charge >= 0.3 is 6.36 Å². The largest absolute Gasteiger partial charge is 0.573 e. The van der Waals surface area contributed by atoms with E-state index in [1.165, 1.54) is 19.2 Å². The molecule has 1 fully saturated rings. The number of carbonyl (C=O) groups is 1. The number of methoxy groups -OCH3 is 2. The Hall–Kier alpha value is -3.69. The fraction of sp³-hybridized carbons (Fsp3) is 0.385. The van der Waals surface area contributed by atoms with E-state index in [1.54, 1.807) is 61.0 Å². The number of amides is 1. The van der Waals surface area contributed by atoms with Gasteiger partial charge in [0.05, 0.1) is 26.5 Å². The summed E-state index contributed by atoms with van der Waals surface area (Å²) >= 11 is 0. The van der Waals surface area contributed by atoms with Gasteiger partial charge in [-0.25, -0.2) is 0 Å². The second-order valence-corrected chi connectivity index (χ2v) is 8.78. The molecule has 0 bridgehead atoms. The van der Waals surface area contributed by atoms with E-state index in [0.717, 1.165) is 24.1 Å². The van der Waals surface area contributed by atoms with Crippen molar-refractivity contribution in [2.45, 2.75) is 45.1 Å². The summed E-state index contributed by atoms with van der Waals surface area (Å²) in [6, 6.07) is 11.5. The predicted molar refractivity (Wildman–Crippen MR) is 126 cm³/mol. The molecule has 1 amide bonds. The summed E-state index contributed by atoms with van der Waals surface area (Å²) in [6.07, 6.45) is -2.73. The topological polar surface area (TPSA) is 65.8 Å². The van der Waals surface area contributed by atoms with Crippen LogP contribution < -0.4 is 14.2 Å². The third-order valence-electron chi connectivity index (χ3n) is 6.24. The minimum Gasteiger partial charge on any atom is -0.497 e. The van der Waals surface area contributed by atoms with Gasteiger partial charge in [0.2, 0.25) is 0 Å². The maximum atomic E-state index is 13.8. The second-order valence-electron chi connectivity index (χ2n) is 8.78. The lowest BCUT2D eigenvalue weighted by Crippen LogP contribution is -2.32. The molecule has 1 heterocycles. The predicted octanol–water partition coefficient (Wildman–Crippen LogP) is 5.36. The molecule has 0 saturated heterocycles. The Kier molecular flexibility index (Phi) is 7.14. The molecule has 7 nitrogen and oxygen atoms in total. The molecule has 0 unspecified atom stereocenters. The van der Waals surface area contributed by atoms with Crippen molar-refractivity contribution in [3.63, 3.8) is 0 Å². The lowest BCUT2D eigenvalue weighted by Gasteiger charge is -2.25. The van der Waals surface area contributed by atoms with Crippen LogP contribution in [0.5, 0.6) is 17.2 Å². The first kappa shape index (κ1) is 25.4. The van der Waals surface area contributed by atoms with Gasteiger partial charge in [-0.3, -0.25) is 9.48 Å². The summed E-state index contributed by atoms with van der Waals surface area (Å²) in [6.45, 7) is 1.75. The fourth-order valence-corrected chi connectivity index (χ4v) is 4.09. The lowest BCUT2D eigenvalue weighted by atomic mass is 10.1. The molecule has 1 aromatic heterocycles. The van der Waals surface area contributed by atoms with Crippen LogP contribution in [0.2, 0.25) is 0 Å². The SMILES string of the molecule is COc1ccc(CN(Cc2cccc(OC(F)(F)F)c2C)C(=O)c2cc(C3CC3)nn2C)c(OC)c1. The van der Waals surface area contributed by atoms with E-state index < -0.39 is 6.36 Å². The van der Waals surface area contributed by atoms with Crippen molar-refractivity contribution in [3.8, 4) is 17.2 Å². The molecule has 0 aliphatic heterocycles. The zero-order valence-electron chi connectivity index (χ0n) is 20.6. The minimum absolute atomic E-state index is 0.0544.